The molecule has 2 bridgehead atoms. The first-order chi connectivity index (χ1) is 18.7. The van der Waals surface area contributed by atoms with Gasteiger partial charge in [-0.25, -0.2) is 4.79 Å². The van der Waals surface area contributed by atoms with Gasteiger partial charge in [-0.3, -0.25) is 0 Å². The molecule has 2 aromatic rings. The molecule has 0 unspecified atom stereocenters. The second-order valence-corrected chi connectivity index (χ2v) is 12.6. The van der Waals surface area contributed by atoms with Crippen molar-refractivity contribution < 1.29 is 32.2 Å². The van der Waals surface area contributed by atoms with E-state index in [1.807, 2.05) is 26.8 Å². The van der Waals surface area contributed by atoms with E-state index in [0.717, 1.165) is 37.0 Å². The molecule has 0 heterocycles. The van der Waals surface area contributed by atoms with Gasteiger partial charge in [0.1, 0.15) is 24.0 Å². The van der Waals surface area contributed by atoms with Crippen molar-refractivity contribution in [1.29, 1.82) is 5.26 Å². The molecule has 4 aliphatic rings. The van der Waals surface area contributed by atoms with Crippen LogP contribution < -0.4 is 19.7 Å². The maximum atomic E-state index is 13.6. The molecule has 40 heavy (non-hydrogen) atoms. The van der Waals surface area contributed by atoms with Gasteiger partial charge in [0.05, 0.1) is 23.3 Å². The van der Waals surface area contributed by atoms with Crippen molar-refractivity contribution in [3.05, 3.63) is 47.0 Å². The minimum Gasteiger partial charge on any atom is -0.493 e. The van der Waals surface area contributed by atoms with Crippen molar-refractivity contribution in [3.63, 3.8) is 0 Å². The molecule has 0 spiro atoms. The lowest BCUT2D eigenvalue weighted by molar-refractivity contribution is -0.170. The number of rotatable bonds is 9. The predicted octanol–water partition coefficient (Wildman–Crippen LogP) is 7.28. The third kappa shape index (κ3) is 6.35. The Bertz CT molecular complexity index is 1310. The van der Waals surface area contributed by atoms with Crippen LogP contribution in [0.15, 0.2) is 36.4 Å². The Morgan fingerprint density at radius 2 is 1.77 bits per heavy atom. The number of nitriles is 1. The van der Waals surface area contributed by atoms with Crippen LogP contribution in [-0.2, 0) is 4.74 Å². The van der Waals surface area contributed by atoms with Crippen molar-refractivity contribution in [1.82, 2.24) is 5.32 Å². The maximum absolute atomic E-state index is 13.6. The highest BCUT2D eigenvalue weighted by atomic mass is 35.5. The highest BCUT2D eigenvalue weighted by molar-refractivity contribution is 6.32. The van der Waals surface area contributed by atoms with E-state index in [9.17, 15) is 23.2 Å². The number of nitrogens with one attached hydrogen (secondary N) is 1. The topological polar surface area (TPSA) is 83.8 Å². The van der Waals surface area contributed by atoms with Crippen molar-refractivity contribution in [2.75, 3.05) is 18.1 Å². The van der Waals surface area contributed by atoms with Crippen LogP contribution in [0.4, 0.5) is 29.3 Å². The zero-order valence-corrected chi connectivity index (χ0v) is 23.3. The van der Waals surface area contributed by atoms with Crippen molar-refractivity contribution >= 4 is 29.1 Å². The van der Waals surface area contributed by atoms with Gasteiger partial charge in [-0.15, -0.1) is 0 Å². The van der Waals surface area contributed by atoms with Crippen LogP contribution in [-0.4, -0.2) is 42.7 Å². The number of nitrogens with zero attached hydrogens (tertiary/aromatic N) is 2. The zero-order valence-electron chi connectivity index (χ0n) is 22.5. The van der Waals surface area contributed by atoms with E-state index >= 15 is 0 Å². The molecule has 0 aromatic heterocycles. The minimum absolute atomic E-state index is 0.0219. The van der Waals surface area contributed by atoms with Crippen LogP contribution in [0.3, 0.4) is 0 Å². The Labute approximate surface area is 236 Å². The second-order valence-electron chi connectivity index (χ2n) is 12.2. The summed E-state index contributed by atoms with van der Waals surface area (Å²) in [5.74, 6) is 0.723. The summed E-state index contributed by atoms with van der Waals surface area (Å²) in [6.45, 7) is 4.62. The van der Waals surface area contributed by atoms with Gasteiger partial charge >= 0.3 is 12.3 Å². The lowest BCUT2D eigenvalue weighted by atomic mass is 9.39. The molecular formula is C29H31ClF3N3O4. The smallest absolute Gasteiger partial charge is 0.408 e. The van der Waals surface area contributed by atoms with Crippen LogP contribution in [0.5, 0.6) is 11.5 Å². The van der Waals surface area contributed by atoms with Crippen molar-refractivity contribution in [2.24, 2.45) is 5.41 Å². The number of amides is 1. The summed E-state index contributed by atoms with van der Waals surface area (Å²) in [7, 11) is 0. The minimum atomic E-state index is -4.51. The number of ether oxygens (including phenoxy) is 3. The van der Waals surface area contributed by atoms with E-state index in [-0.39, 0.29) is 44.8 Å². The molecule has 6 rings (SSSR count). The average Bonchev–Trinajstić information content (AvgIpc) is 3.62. The van der Waals surface area contributed by atoms with E-state index in [4.69, 9.17) is 25.8 Å². The third-order valence-corrected chi connectivity index (χ3v) is 7.49. The lowest BCUT2D eigenvalue weighted by Crippen LogP contribution is -2.76. The van der Waals surface area contributed by atoms with Gasteiger partial charge in [0.15, 0.2) is 5.75 Å². The van der Waals surface area contributed by atoms with E-state index in [2.05, 4.69) is 5.32 Å². The molecule has 0 atom stereocenters. The highest BCUT2D eigenvalue weighted by Crippen LogP contribution is 2.67. The Morgan fingerprint density at radius 3 is 2.33 bits per heavy atom. The largest absolute Gasteiger partial charge is 0.493 e. The lowest BCUT2D eigenvalue weighted by Gasteiger charge is -2.69. The monoisotopic (exact) mass is 577 g/mol. The number of benzene rings is 2. The Morgan fingerprint density at radius 1 is 1.12 bits per heavy atom. The molecule has 0 saturated heterocycles. The molecule has 4 saturated carbocycles. The standard InChI is InChI=1S/C29H31ClF3N3O4/c1-26(2,3)40-25(37)35-28-13-27(14-28,15-28)17-38-21-6-4-19(5-7-21)36(16-29(31,32)33)20-10-18(12-34)24(23(30)11-20)39-22-8-9-22/h4-7,10-11,22H,8-9,13-17H2,1-3H3,(H,35,37). The van der Waals surface area contributed by atoms with E-state index in [0.29, 0.717) is 12.4 Å². The predicted molar refractivity (Wildman–Crippen MR) is 143 cm³/mol. The molecule has 2 aromatic carbocycles. The van der Waals surface area contributed by atoms with Crippen LogP contribution in [0.1, 0.15) is 58.4 Å². The summed E-state index contributed by atoms with van der Waals surface area (Å²) in [6, 6.07) is 11.1. The highest BCUT2D eigenvalue weighted by Gasteiger charge is 2.69. The Hall–Kier alpha value is -3.32. The molecule has 0 radical (unpaired) electrons. The SMILES string of the molecule is CC(C)(C)OC(=O)NC12CC(COc3ccc(N(CC(F)(F)F)c4cc(Cl)c(OC5CC5)c(C#N)c4)cc3)(C1)C2. The van der Waals surface area contributed by atoms with Crippen molar-refractivity contribution in [2.45, 2.75) is 76.3 Å². The van der Waals surface area contributed by atoms with E-state index < -0.39 is 24.4 Å². The maximum Gasteiger partial charge on any atom is 0.408 e. The van der Waals surface area contributed by atoms with Gasteiger partial charge in [0.25, 0.3) is 0 Å². The molecule has 214 valence electrons. The summed E-state index contributed by atoms with van der Waals surface area (Å²) in [6.07, 6.45) is -0.881. The number of anilines is 2. The number of alkyl carbamates (subject to hydrolysis) is 1. The number of hydrogen-bond acceptors (Lipinski definition) is 6. The summed E-state index contributed by atoms with van der Waals surface area (Å²) in [5, 5.41) is 12.7. The van der Waals surface area contributed by atoms with E-state index in [1.54, 1.807) is 24.3 Å². The van der Waals surface area contributed by atoms with Gasteiger partial charge < -0.3 is 24.4 Å². The zero-order chi connectivity index (χ0) is 28.9. The summed E-state index contributed by atoms with van der Waals surface area (Å²) in [4.78, 5) is 13.2. The number of carbonyl (C=O) groups excluding carboxylic acids is 1. The van der Waals surface area contributed by atoms with Gasteiger partial charge in [0.2, 0.25) is 0 Å². The van der Waals surface area contributed by atoms with Crippen LogP contribution >= 0.6 is 11.6 Å². The average molecular weight is 578 g/mol. The Balaban J connectivity index is 1.23. The summed E-state index contributed by atoms with van der Waals surface area (Å²) in [5.41, 5.74) is -0.340. The molecule has 1 N–H and O–H groups in total. The van der Waals surface area contributed by atoms with Gasteiger partial charge in [0, 0.05) is 22.3 Å². The van der Waals surface area contributed by atoms with Gasteiger partial charge in [-0.2, -0.15) is 18.4 Å². The van der Waals surface area contributed by atoms with Crippen LogP contribution in [0.2, 0.25) is 5.02 Å². The number of hydrogen-bond donors (Lipinski definition) is 1. The summed E-state index contributed by atoms with van der Waals surface area (Å²) < 4.78 is 57.7. The quantitative estimate of drug-likeness (QED) is 0.337. The first-order valence-corrected chi connectivity index (χ1v) is 13.5. The Kier molecular flexibility index (Phi) is 7.02. The fourth-order valence-electron chi connectivity index (χ4n) is 5.56. The fourth-order valence-corrected chi connectivity index (χ4v) is 5.82. The number of carbonyl (C=O) groups is 1. The second kappa shape index (κ2) is 9.95. The van der Waals surface area contributed by atoms with Crippen LogP contribution in [0, 0.1) is 16.7 Å². The van der Waals surface area contributed by atoms with Gasteiger partial charge in [-0.1, -0.05) is 11.6 Å². The number of alkyl halides is 3. The molecule has 4 aliphatic carbocycles. The first kappa shape index (κ1) is 28.2. The van der Waals surface area contributed by atoms with Crippen LogP contribution in [0.25, 0.3) is 0 Å². The van der Waals surface area contributed by atoms with E-state index in [1.165, 1.54) is 12.1 Å². The third-order valence-electron chi connectivity index (χ3n) is 7.21. The molecule has 7 nitrogen and oxygen atoms in total. The molecule has 1 amide bonds. The van der Waals surface area contributed by atoms with Gasteiger partial charge in [-0.05, 0) is 89.3 Å². The molecule has 0 aliphatic heterocycles. The molecular weight excluding hydrogens is 547 g/mol. The van der Waals surface area contributed by atoms with Crippen molar-refractivity contribution in [3.8, 4) is 17.6 Å². The summed E-state index contributed by atoms with van der Waals surface area (Å²) >= 11 is 6.35. The molecule has 11 heteroatoms. The number of halogens is 4. The normalized spacial score (nSPS) is 23.2. The fraction of sp³-hybridized carbons (Fsp3) is 0.517. The molecule has 4 fully saturated rings. The first-order valence-electron chi connectivity index (χ1n) is 13.2.